The minimum atomic E-state index is -4.32. The van der Waals surface area contributed by atoms with E-state index in [4.69, 9.17) is 9.29 Å². The van der Waals surface area contributed by atoms with Gasteiger partial charge in [0.2, 0.25) is 0 Å². The molecule has 0 aromatic heterocycles. The fraction of sp³-hybridized carbons (Fsp3) is 1.00. The van der Waals surface area contributed by atoms with Crippen molar-refractivity contribution in [3.63, 3.8) is 0 Å². The summed E-state index contributed by atoms with van der Waals surface area (Å²) in [5, 5.41) is 0. The van der Waals surface area contributed by atoms with Gasteiger partial charge in [-0.05, 0) is 6.42 Å². The van der Waals surface area contributed by atoms with Crippen LogP contribution >= 0.6 is 0 Å². The molecule has 23 heavy (non-hydrogen) atoms. The molecule has 0 aliphatic heterocycles. The summed E-state index contributed by atoms with van der Waals surface area (Å²) >= 11 is 0. The van der Waals surface area contributed by atoms with Crippen molar-refractivity contribution in [3.05, 3.63) is 0 Å². The van der Waals surface area contributed by atoms with Gasteiger partial charge < -0.3 is 4.74 Å². The Morgan fingerprint density at radius 1 is 0.696 bits per heavy atom. The molecule has 0 saturated heterocycles. The van der Waals surface area contributed by atoms with E-state index in [1.807, 2.05) is 0 Å². The van der Waals surface area contributed by atoms with Gasteiger partial charge >= 0.3 is 40.0 Å². The van der Waals surface area contributed by atoms with Crippen LogP contribution in [-0.4, -0.2) is 32.8 Å². The average molecular weight is 362 g/mol. The van der Waals surface area contributed by atoms with Crippen LogP contribution in [0.25, 0.3) is 0 Å². The van der Waals surface area contributed by atoms with Crippen molar-refractivity contribution in [2.75, 3.05) is 19.8 Å². The molecule has 0 saturated carbocycles. The molecule has 0 radical (unpaired) electrons. The fourth-order valence-electron chi connectivity index (χ4n) is 2.35. The Bertz CT molecular complexity index is 322. The second kappa shape index (κ2) is 19.2. The van der Waals surface area contributed by atoms with E-state index in [0.29, 0.717) is 6.61 Å². The molecule has 0 unspecified atom stereocenters. The molecular weight excluding hydrogens is 327 g/mol. The zero-order valence-corrected chi connectivity index (χ0v) is 17.9. The van der Waals surface area contributed by atoms with E-state index in [1.54, 1.807) is 0 Å². The number of hydrogen-bond donors (Lipinski definition) is 1. The number of ether oxygens (including phenoxy) is 1. The monoisotopic (exact) mass is 361 g/mol. The Kier molecular flexibility index (Phi) is 21.7. The van der Waals surface area contributed by atoms with Crippen molar-refractivity contribution in [1.82, 2.24) is 0 Å². The first-order valence-electron chi connectivity index (χ1n) is 8.76. The van der Waals surface area contributed by atoms with E-state index in [2.05, 4.69) is 11.1 Å². The molecular formula is C16H34NaO5S+. The Morgan fingerprint density at radius 3 is 1.57 bits per heavy atom. The third-order valence-corrected chi connectivity index (χ3v) is 4.07. The standard InChI is InChI=1S/C16H34O5S.Na/c1-2-3-4-5-6-7-8-9-10-11-12-13-14-20-15-16-21-22(17,18)19;/h2-16H2,1H3,(H,17,18,19);/q;+1. The van der Waals surface area contributed by atoms with Crippen LogP contribution in [0.5, 0.6) is 0 Å². The maximum atomic E-state index is 10.3. The topological polar surface area (TPSA) is 72.8 Å². The largest absolute Gasteiger partial charge is 1.00 e. The summed E-state index contributed by atoms with van der Waals surface area (Å²) in [7, 11) is -4.32. The van der Waals surface area contributed by atoms with E-state index in [9.17, 15) is 8.42 Å². The van der Waals surface area contributed by atoms with Gasteiger partial charge in [0.15, 0.2) is 0 Å². The minimum Gasteiger partial charge on any atom is -0.379 e. The van der Waals surface area contributed by atoms with Crippen LogP contribution < -0.4 is 29.6 Å². The molecule has 134 valence electrons. The molecule has 0 spiro atoms. The Labute approximate surface area is 165 Å². The molecule has 0 bridgehead atoms. The summed E-state index contributed by atoms with van der Waals surface area (Å²) in [5.74, 6) is 0. The molecule has 0 aliphatic carbocycles. The SMILES string of the molecule is CCCCCCCCCCCCCCOCCOS(=O)(=O)O.[Na+]. The number of rotatable bonds is 17. The van der Waals surface area contributed by atoms with Gasteiger partial charge in [-0.1, -0.05) is 77.6 Å². The van der Waals surface area contributed by atoms with E-state index >= 15 is 0 Å². The molecule has 1 N–H and O–H groups in total. The molecule has 0 heterocycles. The molecule has 7 heteroatoms. The van der Waals surface area contributed by atoms with Crippen molar-refractivity contribution in [1.29, 1.82) is 0 Å². The third-order valence-electron chi connectivity index (χ3n) is 3.60. The van der Waals surface area contributed by atoms with Crippen LogP contribution in [0.3, 0.4) is 0 Å². The summed E-state index contributed by atoms with van der Waals surface area (Å²) in [6, 6.07) is 0. The zero-order chi connectivity index (χ0) is 16.5. The van der Waals surface area contributed by atoms with Crippen molar-refractivity contribution in [3.8, 4) is 0 Å². The van der Waals surface area contributed by atoms with Crippen LogP contribution in [-0.2, 0) is 19.3 Å². The van der Waals surface area contributed by atoms with Crippen LogP contribution in [0.1, 0.15) is 84.0 Å². The van der Waals surface area contributed by atoms with Crippen LogP contribution in [0, 0.1) is 0 Å². The van der Waals surface area contributed by atoms with Gasteiger partial charge in [0, 0.05) is 6.61 Å². The molecule has 0 fully saturated rings. The predicted octanol–water partition coefficient (Wildman–Crippen LogP) is 1.53. The summed E-state index contributed by atoms with van der Waals surface area (Å²) in [4.78, 5) is 0. The van der Waals surface area contributed by atoms with E-state index in [0.717, 1.165) is 12.8 Å². The molecule has 5 nitrogen and oxygen atoms in total. The van der Waals surface area contributed by atoms with E-state index < -0.39 is 10.4 Å². The molecule has 0 aromatic rings. The molecule has 0 aromatic carbocycles. The van der Waals surface area contributed by atoms with Gasteiger partial charge in [-0.3, -0.25) is 4.55 Å². The predicted molar refractivity (Wildman–Crippen MR) is 89.4 cm³/mol. The van der Waals surface area contributed by atoms with Gasteiger partial charge in [-0.2, -0.15) is 8.42 Å². The smallest absolute Gasteiger partial charge is 0.379 e. The Balaban J connectivity index is 0. The Hall–Kier alpha value is 0.830. The van der Waals surface area contributed by atoms with Gasteiger partial charge in [0.25, 0.3) is 0 Å². The summed E-state index contributed by atoms with van der Waals surface area (Å²) < 4.78 is 38.2. The zero-order valence-electron chi connectivity index (χ0n) is 15.1. The second-order valence-corrected chi connectivity index (χ2v) is 6.84. The van der Waals surface area contributed by atoms with E-state index in [-0.39, 0.29) is 42.8 Å². The summed E-state index contributed by atoms with van der Waals surface area (Å²) in [6.07, 6.45) is 15.6. The van der Waals surface area contributed by atoms with Crippen molar-refractivity contribution in [2.24, 2.45) is 0 Å². The quantitative estimate of drug-likeness (QED) is 0.242. The first kappa shape index (κ1) is 26.1. The molecule has 0 rings (SSSR count). The summed E-state index contributed by atoms with van der Waals surface area (Å²) in [6.45, 7) is 2.93. The normalized spacial score (nSPS) is 11.4. The van der Waals surface area contributed by atoms with Crippen LogP contribution in [0.15, 0.2) is 0 Å². The second-order valence-electron chi connectivity index (χ2n) is 5.75. The first-order chi connectivity index (χ1) is 10.6. The summed E-state index contributed by atoms with van der Waals surface area (Å²) in [5.41, 5.74) is 0. The molecule has 0 atom stereocenters. The first-order valence-corrected chi connectivity index (χ1v) is 10.1. The van der Waals surface area contributed by atoms with Crippen LogP contribution in [0.2, 0.25) is 0 Å². The maximum absolute atomic E-state index is 10.3. The molecule has 0 aliphatic rings. The van der Waals surface area contributed by atoms with Crippen molar-refractivity contribution in [2.45, 2.75) is 84.0 Å². The third kappa shape index (κ3) is 25.2. The van der Waals surface area contributed by atoms with E-state index in [1.165, 1.54) is 64.2 Å². The van der Waals surface area contributed by atoms with Gasteiger partial charge in [-0.25, -0.2) is 4.18 Å². The number of unbranched alkanes of at least 4 members (excludes halogenated alkanes) is 11. The molecule has 0 amide bonds. The minimum absolute atomic E-state index is 0. The van der Waals surface area contributed by atoms with Gasteiger partial charge in [0.1, 0.15) is 0 Å². The van der Waals surface area contributed by atoms with Gasteiger partial charge in [-0.15, -0.1) is 0 Å². The fourth-order valence-corrected chi connectivity index (χ4v) is 2.62. The van der Waals surface area contributed by atoms with Crippen LogP contribution in [0.4, 0.5) is 0 Å². The maximum Gasteiger partial charge on any atom is 1.00 e. The van der Waals surface area contributed by atoms with Gasteiger partial charge in [0.05, 0.1) is 13.2 Å². The van der Waals surface area contributed by atoms with Crippen molar-refractivity contribution >= 4 is 10.4 Å². The Morgan fingerprint density at radius 2 is 1.13 bits per heavy atom. The average Bonchev–Trinajstić information content (AvgIpc) is 2.45. The van der Waals surface area contributed by atoms with Crippen molar-refractivity contribution < 1.29 is 51.4 Å². The number of hydrogen-bond acceptors (Lipinski definition) is 4.